The molecule has 2 bridgehead atoms. The lowest BCUT2D eigenvalue weighted by Gasteiger charge is -2.36. The molecule has 4 rings (SSSR count). The van der Waals surface area contributed by atoms with Gasteiger partial charge in [0.15, 0.2) is 5.92 Å². The zero-order valence-corrected chi connectivity index (χ0v) is 19.3. The number of rotatable bonds is 7. The molecule has 0 saturated carbocycles. The highest BCUT2D eigenvalue weighted by atomic mass is 35.5. The number of nitrogens with two attached hydrogens (primary N) is 1. The number of fused-ring (bicyclic) bond motifs is 5. The Balaban J connectivity index is 1.54. The molecule has 170 valence electrons. The van der Waals surface area contributed by atoms with Crippen molar-refractivity contribution in [2.45, 2.75) is 51.9 Å². The number of aromatic nitrogens is 1. The first kappa shape index (κ1) is 22.6. The summed E-state index contributed by atoms with van der Waals surface area (Å²) in [5, 5.41) is 1.59. The van der Waals surface area contributed by atoms with Gasteiger partial charge in [-0.3, -0.25) is 14.6 Å². The Bertz CT molecular complexity index is 1060. The van der Waals surface area contributed by atoms with Gasteiger partial charge in [-0.15, -0.1) is 0 Å². The number of allylic oxidation sites excluding steroid dienone is 2. The Morgan fingerprint density at radius 3 is 2.59 bits per heavy atom. The van der Waals surface area contributed by atoms with Gasteiger partial charge in [-0.05, 0) is 76.0 Å². The molecule has 32 heavy (non-hydrogen) atoms. The van der Waals surface area contributed by atoms with Gasteiger partial charge < -0.3 is 15.2 Å². The molecular formula is C25H29ClN2O4. The van der Waals surface area contributed by atoms with Gasteiger partial charge in [-0.25, -0.2) is 0 Å². The number of hydrogen-bond donors (Lipinski definition) is 1. The summed E-state index contributed by atoms with van der Waals surface area (Å²) in [4.78, 5) is 29.5. The number of carbonyl (C=O) groups excluding carboxylic acids is 2. The SMILES string of the molecule is CCOC(=O)C(CCC1=C[C@H]2Cc3nc4cc(Cl)ccc4c(N)c3[C@@H](C1)C2)C(=O)OCC. The summed E-state index contributed by atoms with van der Waals surface area (Å²) in [7, 11) is 0. The lowest BCUT2D eigenvalue weighted by molar-refractivity contribution is -0.161. The average Bonchev–Trinajstić information content (AvgIpc) is 2.73. The van der Waals surface area contributed by atoms with E-state index >= 15 is 0 Å². The molecule has 7 heteroatoms. The Kier molecular flexibility index (Phi) is 6.70. The van der Waals surface area contributed by atoms with E-state index in [-0.39, 0.29) is 13.2 Å². The second kappa shape index (κ2) is 9.49. The molecule has 2 aliphatic rings. The van der Waals surface area contributed by atoms with E-state index in [4.69, 9.17) is 31.8 Å². The number of halogens is 1. The lowest BCUT2D eigenvalue weighted by Crippen LogP contribution is -2.29. The van der Waals surface area contributed by atoms with Gasteiger partial charge in [0.05, 0.1) is 18.7 Å². The van der Waals surface area contributed by atoms with Crippen LogP contribution in [0, 0.1) is 11.8 Å². The van der Waals surface area contributed by atoms with Crippen LogP contribution in [0.1, 0.15) is 56.7 Å². The van der Waals surface area contributed by atoms with Gasteiger partial charge in [-0.1, -0.05) is 23.3 Å². The number of benzene rings is 1. The summed E-state index contributed by atoms with van der Waals surface area (Å²) in [6.07, 6.45) is 6.07. The first-order valence-electron chi connectivity index (χ1n) is 11.3. The molecular weight excluding hydrogens is 428 g/mol. The van der Waals surface area contributed by atoms with E-state index in [1.807, 2.05) is 18.2 Å². The molecule has 0 spiro atoms. The summed E-state index contributed by atoms with van der Waals surface area (Å²) in [5.41, 5.74) is 11.7. The Hall–Kier alpha value is -2.60. The molecule has 2 aliphatic carbocycles. The summed E-state index contributed by atoms with van der Waals surface area (Å²) in [6, 6.07) is 5.65. The third-order valence-electron chi connectivity index (χ3n) is 6.43. The van der Waals surface area contributed by atoms with Crippen molar-refractivity contribution in [2.75, 3.05) is 18.9 Å². The summed E-state index contributed by atoms with van der Waals surface area (Å²) in [6.45, 7) is 3.95. The van der Waals surface area contributed by atoms with Gasteiger partial charge in [-0.2, -0.15) is 0 Å². The van der Waals surface area contributed by atoms with E-state index < -0.39 is 17.9 Å². The zero-order valence-electron chi connectivity index (χ0n) is 18.5. The third kappa shape index (κ3) is 4.46. The molecule has 0 aliphatic heterocycles. The number of carbonyl (C=O) groups is 2. The summed E-state index contributed by atoms with van der Waals surface area (Å²) >= 11 is 6.16. The number of anilines is 1. The van der Waals surface area contributed by atoms with Gasteiger partial charge in [0, 0.05) is 27.4 Å². The Morgan fingerprint density at radius 1 is 1.19 bits per heavy atom. The standard InChI is InChI=1S/C25H29ClN2O4/c1-3-31-24(29)19(25(30)32-4-2)7-5-14-9-15-11-16(10-14)22-21(12-15)28-20-13-17(26)6-8-18(20)23(22)27/h6,8-9,13,15-16,19H,3-5,7,10-12H2,1-2H3,(H2,27,28)/t15-,16+/m1/s1. The van der Waals surface area contributed by atoms with E-state index in [0.29, 0.717) is 29.7 Å². The van der Waals surface area contributed by atoms with Crippen LogP contribution in [0.15, 0.2) is 29.8 Å². The minimum atomic E-state index is -0.884. The number of hydrogen-bond acceptors (Lipinski definition) is 6. The molecule has 1 aromatic heterocycles. The fourth-order valence-electron chi connectivity index (χ4n) is 5.12. The van der Waals surface area contributed by atoms with Crippen molar-refractivity contribution >= 4 is 40.1 Å². The first-order chi connectivity index (χ1) is 15.4. The molecule has 0 amide bonds. The lowest BCUT2D eigenvalue weighted by atomic mass is 9.70. The fourth-order valence-corrected chi connectivity index (χ4v) is 5.29. The van der Waals surface area contributed by atoms with Crippen molar-refractivity contribution in [3.8, 4) is 0 Å². The monoisotopic (exact) mass is 456 g/mol. The Labute approximate surface area is 193 Å². The predicted molar refractivity (Wildman–Crippen MR) is 124 cm³/mol. The van der Waals surface area contributed by atoms with Crippen LogP contribution in [0.25, 0.3) is 10.9 Å². The molecule has 0 unspecified atom stereocenters. The van der Waals surface area contributed by atoms with Gasteiger partial charge in [0.2, 0.25) is 0 Å². The average molecular weight is 457 g/mol. The molecule has 0 fully saturated rings. The molecule has 1 heterocycles. The quantitative estimate of drug-likeness (QED) is 0.359. The maximum absolute atomic E-state index is 12.3. The largest absolute Gasteiger partial charge is 0.465 e. The van der Waals surface area contributed by atoms with Crippen LogP contribution in [0.4, 0.5) is 5.69 Å². The van der Waals surface area contributed by atoms with E-state index in [0.717, 1.165) is 47.1 Å². The highest BCUT2D eigenvalue weighted by Crippen LogP contribution is 2.47. The fraction of sp³-hybridized carbons (Fsp3) is 0.480. The summed E-state index contributed by atoms with van der Waals surface area (Å²) in [5.74, 6) is -1.23. The first-order valence-corrected chi connectivity index (χ1v) is 11.7. The maximum Gasteiger partial charge on any atom is 0.320 e. The van der Waals surface area contributed by atoms with E-state index in [9.17, 15) is 9.59 Å². The van der Waals surface area contributed by atoms with Crippen LogP contribution in [0.2, 0.25) is 5.02 Å². The van der Waals surface area contributed by atoms with Crippen molar-refractivity contribution in [1.29, 1.82) is 0 Å². The second-order valence-electron chi connectivity index (χ2n) is 8.57. The molecule has 2 aromatic rings. The van der Waals surface area contributed by atoms with Gasteiger partial charge in [0.25, 0.3) is 0 Å². The topological polar surface area (TPSA) is 91.5 Å². The van der Waals surface area contributed by atoms with Crippen LogP contribution in [0.5, 0.6) is 0 Å². The second-order valence-corrected chi connectivity index (χ2v) is 9.00. The molecule has 6 nitrogen and oxygen atoms in total. The molecule has 2 N–H and O–H groups in total. The number of nitrogen functional groups attached to an aromatic ring is 1. The van der Waals surface area contributed by atoms with Crippen molar-refractivity contribution < 1.29 is 19.1 Å². The third-order valence-corrected chi connectivity index (χ3v) is 6.67. The van der Waals surface area contributed by atoms with Crippen LogP contribution < -0.4 is 5.73 Å². The zero-order chi connectivity index (χ0) is 22.8. The smallest absolute Gasteiger partial charge is 0.320 e. The maximum atomic E-state index is 12.3. The van der Waals surface area contributed by atoms with Crippen LogP contribution >= 0.6 is 11.6 Å². The van der Waals surface area contributed by atoms with E-state index in [1.165, 1.54) is 5.57 Å². The number of esters is 2. The van der Waals surface area contributed by atoms with Crippen molar-refractivity contribution in [2.24, 2.45) is 11.8 Å². The number of nitrogens with zero attached hydrogens (tertiary/aromatic N) is 1. The summed E-state index contributed by atoms with van der Waals surface area (Å²) < 4.78 is 10.2. The van der Waals surface area contributed by atoms with Crippen molar-refractivity contribution in [3.63, 3.8) is 0 Å². The highest BCUT2D eigenvalue weighted by molar-refractivity contribution is 6.31. The van der Waals surface area contributed by atoms with Crippen molar-refractivity contribution in [3.05, 3.63) is 46.1 Å². The van der Waals surface area contributed by atoms with Gasteiger partial charge >= 0.3 is 11.9 Å². The molecule has 0 saturated heterocycles. The predicted octanol–water partition coefficient (Wildman–Crippen LogP) is 4.97. The highest BCUT2D eigenvalue weighted by Gasteiger charge is 2.35. The minimum absolute atomic E-state index is 0.240. The van der Waals surface area contributed by atoms with Gasteiger partial charge in [0.1, 0.15) is 0 Å². The molecule has 2 atom stereocenters. The van der Waals surface area contributed by atoms with Crippen molar-refractivity contribution in [1.82, 2.24) is 4.98 Å². The van der Waals surface area contributed by atoms with E-state index in [2.05, 4.69) is 6.08 Å². The minimum Gasteiger partial charge on any atom is -0.465 e. The molecule has 0 radical (unpaired) electrons. The van der Waals surface area contributed by atoms with E-state index in [1.54, 1.807) is 13.8 Å². The number of pyridine rings is 1. The Morgan fingerprint density at radius 2 is 1.91 bits per heavy atom. The van der Waals surface area contributed by atoms with Crippen LogP contribution in [-0.2, 0) is 25.5 Å². The van der Waals surface area contributed by atoms with Crippen LogP contribution in [0.3, 0.4) is 0 Å². The molecule has 1 aromatic carbocycles. The number of ether oxygens (including phenoxy) is 2. The normalized spacial score (nSPS) is 19.4. The van der Waals surface area contributed by atoms with Crippen LogP contribution in [-0.4, -0.2) is 30.1 Å².